The van der Waals surface area contributed by atoms with E-state index in [1.165, 1.54) is 14.7 Å². The van der Waals surface area contributed by atoms with Crippen LogP contribution >= 0.6 is 0 Å². The van der Waals surface area contributed by atoms with Gasteiger partial charge in [0.1, 0.15) is 6.54 Å². The van der Waals surface area contributed by atoms with E-state index in [4.69, 9.17) is 5.11 Å². The molecule has 21 heavy (non-hydrogen) atoms. The highest BCUT2D eigenvalue weighted by Crippen LogP contribution is 2.17. The molecular formula is C12H20F3N3O3. The molecule has 6 nitrogen and oxygen atoms in total. The second-order valence-electron chi connectivity index (χ2n) is 4.98. The highest BCUT2D eigenvalue weighted by Gasteiger charge is 2.33. The molecule has 0 atom stereocenters. The fraction of sp³-hybridized carbons (Fsp3) is 0.833. The maximum atomic E-state index is 12.3. The van der Waals surface area contributed by atoms with Crippen LogP contribution in [0.3, 0.4) is 0 Å². The standard InChI is InChI=1S/C12H20F3N3O3/c1-2-3-18(8-10(19)20)11(21)17-6-4-16(5-7-17)9-12(13,14)15/h2-9H2,1H3,(H,19,20). The van der Waals surface area contributed by atoms with Crippen LogP contribution in [0.15, 0.2) is 0 Å². The van der Waals surface area contributed by atoms with Crippen molar-refractivity contribution in [1.82, 2.24) is 14.7 Å². The molecule has 1 saturated heterocycles. The highest BCUT2D eigenvalue weighted by atomic mass is 19.4. The molecule has 0 aromatic carbocycles. The molecule has 0 aromatic rings. The van der Waals surface area contributed by atoms with Gasteiger partial charge in [-0.25, -0.2) is 4.79 Å². The van der Waals surface area contributed by atoms with Gasteiger partial charge in [-0.05, 0) is 6.42 Å². The van der Waals surface area contributed by atoms with Gasteiger partial charge in [-0.1, -0.05) is 6.92 Å². The molecule has 1 N–H and O–H groups in total. The quantitative estimate of drug-likeness (QED) is 0.825. The number of halogens is 3. The number of nitrogens with zero attached hydrogens (tertiary/aromatic N) is 3. The molecule has 1 aliphatic heterocycles. The Labute approximate surface area is 121 Å². The zero-order valence-corrected chi connectivity index (χ0v) is 11.9. The van der Waals surface area contributed by atoms with Crippen LogP contribution < -0.4 is 0 Å². The Morgan fingerprint density at radius 1 is 1.19 bits per heavy atom. The molecule has 0 unspecified atom stereocenters. The van der Waals surface area contributed by atoms with Crippen molar-refractivity contribution in [3.63, 3.8) is 0 Å². The molecule has 0 radical (unpaired) electrons. The molecule has 1 rings (SSSR count). The lowest BCUT2D eigenvalue weighted by Gasteiger charge is -2.37. The summed E-state index contributed by atoms with van der Waals surface area (Å²) in [4.78, 5) is 26.8. The zero-order chi connectivity index (χ0) is 16.0. The van der Waals surface area contributed by atoms with Crippen LogP contribution in [-0.2, 0) is 4.79 Å². The Kier molecular flexibility index (Phi) is 6.25. The van der Waals surface area contributed by atoms with Crippen molar-refractivity contribution < 1.29 is 27.9 Å². The molecule has 1 aliphatic rings. The Morgan fingerprint density at radius 2 is 1.76 bits per heavy atom. The number of carboxylic acids is 1. The maximum Gasteiger partial charge on any atom is 0.401 e. The molecule has 0 aromatic heterocycles. The summed E-state index contributed by atoms with van der Waals surface area (Å²) in [5.41, 5.74) is 0. The number of alkyl halides is 3. The summed E-state index contributed by atoms with van der Waals surface area (Å²) in [6, 6.07) is -0.425. The van der Waals surface area contributed by atoms with Crippen molar-refractivity contribution in [3.05, 3.63) is 0 Å². The summed E-state index contributed by atoms with van der Waals surface area (Å²) < 4.78 is 36.8. The molecule has 1 fully saturated rings. The predicted molar refractivity (Wildman–Crippen MR) is 69.0 cm³/mol. The van der Waals surface area contributed by atoms with Crippen molar-refractivity contribution in [2.75, 3.05) is 45.8 Å². The number of amides is 2. The van der Waals surface area contributed by atoms with E-state index >= 15 is 0 Å². The lowest BCUT2D eigenvalue weighted by molar-refractivity contribution is -0.148. The number of rotatable bonds is 5. The van der Waals surface area contributed by atoms with Gasteiger partial charge in [0, 0.05) is 32.7 Å². The fourth-order valence-electron chi connectivity index (χ4n) is 2.23. The van der Waals surface area contributed by atoms with Crippen molar-refractivity contribution in [2.45, 2.75) is 19.5 Å². The third-order valence-electron chi connectivity index (χ3n) is 3.14. The molecule has 2 amide bonds. The van der Waals surface area contributed by atoms with Crippen molar-refractivity contribution in [3.8, 4) is 0 Å². The first-order chi connectivity index (χ1) is 9.73. The van der Waals surface area contributed by atoms with Gasteiger partial charge in [0.25, 0.3) is 0 Å². The lowest BCUT2D eigenvalue weighted by Crippen LogP contribution is -2.54. The summed E-state index contributed by atoms with van der Waals surface area (Å²) in [6.07, 6.45) is -3.63. The fourth-order valence-corrected chi connectivity index (χ4v) is 2.23. The zero-order valence-electron chi connectivity index (χ0n) is 11.9. The van der Waals surface area contributed by atoms with E-state index < -0.39 is 31.3 Å². The van der Waals surface area contributed by atoms with Gasteiger partial charge in [0.05, 0.1) is 6.54 Å². The van der Waals surface area contributed by atoms with Gasteiger partial charge < -0.3 is 14.9 Å². The van der Waals surface area contributed by atoms with Gasteiger partial charge in [-0.3, -0.25) is 9.69 Å². The number of aliphatic carboxylic acids is 1. The smallest absolute Gasteiger partial charge is 0.401 e. The third kappa shape index (κ3) is 6.19. The molecule has 1 heterocycles. The number of carboxylic acid groups (broad SMARTS) is 1. The number of urea groups is 1. The molecule has 9 heteroatoms. The first-order valence-corrected chi connectivity index (χ1v) is 6.77. The normalized spacial score (nSPS) is 16.9. The minimum atomic E-state index is -4.25. The maximum absolute atomic E-state index is 12.3. The topological polar surface area (TPSA) is 64.1 Å². The van der Waals surface area contributed by atoms with E-state index in [1.54, 1.807) is 0 Å². The molecule has 0 aliphatic carbocycles. The molecule has 0 bridgehead atoms. The van der Waals surface area contributed by atoms with E-state index in [0.29, 0.717) is 13.0 Å². The number of carbonyl (C=O) groups excluding carboxylic acids is 1. The summed E-state index contributed by atoms with van der Waals surface area (Å²) in [5, 5.41) is 8.78. The minimum absolute atomic E-state index is 0.137. The van der Waals surface area contributed by atoms with Gasteiger partial charge in [-0.15, -0.1) is 0 Å². The van der Waals surface area contributed by atoms with E-state index in [9.17, 15) is 22.8 Å². The molecule has 0 spiro atoms. The van der Waals surface area contributed by atoms with Crippen LogP contribution in [0.4, 0.5) is 18.0 Å². The van der Waals surface area contributed by atoms with E-state index in [1.807, 2.05) is 6.92 Å². The first kappa shape index (κ1) is 17.5. The number of carbonyl (C=O) groups is 2. The molecule has 122 valence electrons. The van der Waals surface area contributed by atoms with Gasteiger partial charge in [0.15, 0.2) is 0 Å². The summed E-state index contributed by atoms with van der Waals surface area (Å²) in [5.74, 6) is -1.10. The SMILES string of the molecule is CCCN(CC(=O)O)C(=O)N1CCN(CC(F)(F)F)CC1. The van der Waals surface area contributed by atoms with Crippen LogP contribution in [0.1, 0.15) is 13.3 Å². The first-order valence-electron chi connectivity index (χ1n) is 6.77. The number of hydrogen-bond donors (Lipinski definition) is 1. The molecule has 0 saturated carbocycles. The molecular weight excluding hydrogens is 291 g/mol. The Balaban J connectivity index is 2.51. The highest BCUT2D eigenvalue weighted by molar-refractivity contribution is 5.80. The van der Waals surface area contributed by atoms with Crippen molar-refractivity contribution >= 4 is 12.0 Å². The second kappa shape index (κ2) is 7.48. The largest absolute Gasteiger partial charge is 0.480 e. The van der Waals surface area contributed by atoms with E-state index in [2.05, 4.69) is 0 Å². The van der Waals surface area contributed by atoms with Gasteiger partial charge in [0.2, 0.25) is 0 Å². The van der Waals surface area contributed by atoms with Crippen LogP contribution in [0.2, 0.25) is 0 Å². The van der Waals surface area contributed by atoms with Crippen LogP contribution in [0.5, 0.6) is 0 Å². The van der Waals surface area contributed by atoms with Crippen LogP contribution in [0, 0.1) is 0 Å². The average Bonchev–Trinajstić information content (AvgIpc) is 2.36. The minimum Gasteiger partial charge on any atom is -0.480 e. The van der Waals surface area contributed by atoms with E-state index in [-0.39, 0.29) is 26.2 Å². The van der Waals surface area contributed by atoms with Gasteiger partial charge >= 0.3 is 18.2 Å². The van der Waals surface area contributed by atoms with Crippen LogP contribution in [0.25, 0.3) is 0 Å². The summed E-state index contributed by atoms with van der Waals surface area (Å²) >= 11 is 0. The summed E-state index contributed by atoms with van der Waals surface area (Å²) in [6.45, 7) is 1.38. The average molecular weight is 311 g/mol. The number of piperazine rings is 1. The third-order valence-corrected chi connectivity index (χ3v) is 3.14. The Morgan fingerprint density at radius 3 is 2.19 bits per heavy atom. The predicted octanol–water partition coefficient (Wildman–Crippen LogP) is 1.08. The van der Waals surface area contributed by atoms with Crippen molar-refractivity contribution in [1.29, 1.82) is 0 Å². The second-order valence-corrected chi connectivity index (χ2v) is 4.98. The summed E-state index contributed by atoms with van der Waals surface area (Å²) in [7, 11) is 0. The van der Waals surface area contributed by atoms with E-state index in [0.717, 1.165) is 0 Å². The van der Waals surface area contributed by atoms with Crippen LogP contribution in [-0.4, -0.2) is 83.8 Å². The Bertz CT molecular complexity index is 368. The number of hydrogen-bond acceptors (Lipinski definition) is 3. The van der Waals surface area contributed by atoms with Gasteiger partial charge in [-0.2, -0.15) is 13.2 Å². The monoisotopic (exact) mass is 311 g/mol. The Hall–Kier alpha value is -1.51. The lowest BCUT2D eigenvalue weighted by atomic mass is 10.3. The van der Waals surface area contributed by atoms with Crippen molar-refractivity contribution in [2.24, 2.45) is 0 Å².